The van der Waals surface area contributed by atoms with E-state index in [1.54, 1.807) is 42.5 Å². The Bertz CT molecular complexity index is 1250. The van der Waals surface area contributed by atoms with Crippen LogP contribution < -0.4 is 11.1 Å². The zero-order valence-corrected chi connectivity index (χ0v) is 19.0. The van der Waals surface area contributed by atoms with Gasteiger partial charge in [-0.05, 0) is 45.1 Å². The molecule has 0 saturated heterocycles. The molecule has 0 saturated carbocycles. The molecule has 1 amide bonds. The van der Waals surface area contributed by atoms with Gasteiger partial charge in [-0.2, -0.15) is 0 Å². The fraction of sp³-hybridized carbons (Fsp3) is 0.160. The normalized spacial score (nSPS) is 12.9. The molecule has 3 aromatic rings. The Labute approximate surface area is 188 Å². The van der Waals surface area contributed by atoms with E-state index in [-0.39, 0.29) is 45.4 Å². The zero-order chi connectivity index (χ0) is 22.5. The highest BCUT2D eigenvalue weighted by Crippen LogP contribution is 2.39. The van der Waals surface area contributed by atoms with Gasteiger partial charge in [0, 0.05) is 21.2 Å². The summed E-state index contributed by atoms with van der Waals surface area (Å²) in [6.45, 7) is 6.29. The summed E-state index contributed by atoms with van der Waals surface area (Å²) in [5, 5.41) is 2.80. The van der Waals surface area contributed by atoms with E-state index in [4.69, 9.17) is 5.73 Å². The molecule has 0 atom stereocenters. The van der Waals surface area contributed by atoms with Gasteiger partial charge in [0.2, 0.25) is 0 Å². The van der Waals surface area contributed by atoms with Crippen LogP contribution in [0, 0.1) is 0 Å². The van der Waals surface area contributed by atoms with E-state index in [2.05, 4.69) is 42.0 Å². The lowest BCUT2D eigenvalue weighted by molar-refractivity contribution is 0.0979. The highest BCUT2D eigenvalue weighted by Gasteiger charge is 2.34. The molecule has 0 aliphatic heterocycles. The maximum absolute atomic E-state index is 13.2. The lowest BCUT2D eigenvalue weighted by Crippen LogP contribution is -2.25. The molecule has 1 aliphatic carbocycles. The van der Waals surface area contributed by atoms with Crippen molar-refractivity contribution in [2.45, 2.75) is 26.2 Å². The number of nitrogens with two attached hydrogens (primary N) is 1. The second-order valence-corrected chi connectivity index (χ2v) is 9.41. The molecular weight excluding hydrogens is 456 g/mol. The fourth-order valence-electron chi connectivity index (χ4n) is 3.70. The number of hydrogen-bond donors (Lipinski definition) is 2. The third kappa shape index (κ3) is 3.57. The van der Waals surface area contributed by atoms with Crippen molar-refractivity contribution in [1.29, 1.82) is 0 Å². The average molecular weight is 477 g/mol. The van der Waals surface area contributed by atoms with E-state index in [0.29, 0.717) is 21.2 Å². The lowest BCUT2D eigenvalue weighted by Gasteiger charge is -2.23. The number of halogens is 1. The molecule has 0 radical (unpaired) electrons. The molecule has 0 unspecified atom stereocenters. The van der Waals surface area contributed by atoms with Gasteiger partial charge >= 0.3 is 0 Å². The van der Waals surface area contributed by atoms with Crippen LogP contribution in [0.3, 0.4) is 0 Å². The Hall–Kier alpha value is -3.25. The molecule has 6 heteroatoms. The van der Waals surface area contributed by atoms with E-state index in [9.17, 15) is 14.4 Å². The number of carbonyl (C=O) groups is 3. The van der Waals surface area contributed by atoms with Gasteiger partial charge in [0.05, 0.1) is 22.5 Å². The summed E-state index contributed by atoms with van der Waals surface area (Å²) in [5.41, 5.74) is 8.92. The van der Waals surface area contributed by atoms with Gasteiger partial charge in [0.25, 0.3) is 5.91 Å². The van der Waals surface area contributed by atoms with E-state index < -0.39 is 0 Å². The summed E-state index contributed by atoms with van der Waals surface area (Å²) in [5.74, 6) is -1.06. The third-order valence-electron chi connectivity index (χ3n) is 5.45. The number of hydrogen-bond acceptors (Lipinski definition) is 4. The molecule has 5 nitrogen and oxygen atoms in total. The molecule has 3 aromatic carbocycles. The standard InChI is InChI=1S/C25H21BrN2O3/c1-25(2,3)14-10-8-13(9-11-14)24(31)28-18-12-17(26)21(27)20-19(18)22(29)15-6-4-5-7-16(15)23(20)30/h4-12H,27H2,1-3H3,(H,28,31). The summed E-state index contributed by atoms with van der Waals surface area (Å²) >= 11 is 3.35. The smallest absolute Gasteiger partial charge is 0.255 e. The van der Waals surface area contributed by atoms with Gasteiger partial charge < -0.3 is 11.1 Å². The van der Waals surface area contributed by atoms with E-state index >= 15 is 0 Å². The summed E-state index contributed by atoms with van der Waals surface area (Å²) in [4.78, 5) is 39.3. The number of carbonyl (C=O) groups excluding carboxylic acids is 3. The number of ketones is 2. The second kappa shape index (κ2) is 7.46. The van der Waals surface area contributed by atoms with Crippen molar-refractivity contribution in [2.75, 3.05) is 11.1 Å². The van der Waals surface area contributed by atoms with Gasteiger partial charge in [-0.25, -0.2) is 0 Å². The largest absolute Gasteiger partial charge is 0.397 e. The molecule has 4 rings (SSSR count). The Kier molecular flexibility index (Phi) is 5.06. The molecule has 1 aliphatic rings. The van der Waals surface area contributed by atoms with Gasteiger partial charge in [-0.1, -0.05) is 57.2 Å². The molecule has 0 bridgehead atoms. The maximum Gasteiger partial charge on any atom is 0.255 e. The van der Waals surface area contributed by atoms with Crippen molar-refractivity contribution >= 4 is 44.8 Å². The highest BCUT2D eigenvalue weighted by atomic mass is 79.9. The summed E-state index contributed by atoms with van der Waals surface area (Å²) in [6, 6.07) is 15.5. The van der Waals surface area contributed by atoms with Crippen molar-refractivity contribution in [1.82, 2.24) is 0 Å². The number of fused-ring (bicyclic) bond motifs is 2. The Morgan fingerprint density at radius 3 is 2.00 bits per heavy atom. The zero-order valence-electron chi connectivity index (χ0n) is 17.4. The highest BCUT2D eigenvalue weighted by molar-refractivity contribution is 9.10. The minimum Gasteiger partial charge on any atom is -0.397 e. The van der Waals surface area contributed by atoms with Gasteiger partial charge in [0.15, 0.2) is 11.6 Å². The molecule has 156 valence electrons. The van der Waals surface area contributed by atoms with E-state index in [1.807, 2.05) is 12.1 Å². The van der Waals surface area contributed by atoms with Crippen LogP contribution in [-0.4, -0.2) is 17.5 Å². The van der Waals surface area contributed by atoms with Crippen LogP contribution >= 0.6 is 15.9 Å². The number of benzene rings is 3. The first kappa shape index (κ1) is 21.0. The molecule has 0 heterocycles. The summed E-state index contributed by atoms with van der Waals surface area (Å²) < 4.78 is 0.435. The predicted molar refractivity (Wildman–Crippen MR) is 125 cm³/mol. The van der Waals surface area contributed by atoms with Crippen LogP contribution in [0.5, 0.6) is 0 Å². The van der Waals surface area contributed by atoms with Crippen molar-refractivity contribution < 1.29 is 14.4 Å². The predicted octanol–water partition coefficient (Wildman–Crippen LogP) is 5.36. The van der Waals surface area contributed by atoms with Crippen LogP contribution in [0.25, 0.3) is 0 Å². The number of nitrogen functional groups attached to an aromatic ring is 1. The van der Waals surface area contributed by atoms with Crippen LogP contribution in [-0.2, 0) is 5.41 Å². The van der Waals surface area contributed by atoms with Crippen molar-refractivity contribution in [2.24, 2.45) is 0 Å². The molecule has 0 aromatic heterocycles. The molecule has 0 fully saturated rings. The Balaban J connectivity index is 1.77. The molecule has 0 spiro atoms. The number of rotatable bonds is 2. The monoisotopic (exact) mass is 476 g/mol. The van der Waals surface area contributed by atoms with E-state index in [1.165, 1.54) is 0 Å². The Morgan fingerprint density at radius 2 is 1.45 bits per heavy atom. The maximum atomic E-state index is 13.2. The number of anilines is 2. The summed E-state index contributed by atoms with van der Waals surface area (Å²) in [7, 11) is 0. The van der Waals surface area contributed by atoms with Crippen LogP contribution in [0.2, 0.25) is 0 Å². The number of amides is 1. The van der Waals surface area contributed by atoms with Crippen LogP contribution in [0.15, 0.2) is 59.1 Å². The van der Waals surface area contributed by atoms with Crippen molar-refractivity contribution in [3.63, 3.8) is 0 Å². The quantitative estimate of drug-likeness (QED) is 0.381. The van der Waals surface area contributed by atoms with E-state index in [0.717, 1.165) is 5.56 Å². The molecule has 3 N–H and O–H groups in total. The first-order valence-electron chi connectivity index (χ1n) is 9.82. The lowest BCUT2D eigenvalue weighted by atomic mass is 9.82. The van der Waals surface area contributed by atoms with Crippen LogP contribution in [0.4, 0.5) is 11.4 Å². The first-order valence-corrected chi connectivity index (χ1v) is 10.6. The molecule has 31 heavy (non-hydrogen) atoms. The van der Waals surface area contributed by atoms with Gasteiger partial charge in [0.1, 0.15) is 0 Å². The minimum absolute atomic E-state index is 0.0317. The fourth-order valence-corrected chi connectivity index (χ4v) is 4.13. The number of nitrogens with one attached hydrogen (secondary N) is 1. The topological polar surface area (TPSA) is 89.3 Å². The molecular formula is C25H21BrN2O3. The first-order chi connectivity index (χ1) is 14.6. The minimum atomic E-state index is -0.376. The summed E-state index contributed by atoms with van der Waals surface area (Å²) in [6.07, 6.45) is 0. The van der Waals surface area contributed by atoms with Crippen molar-refractivity contribution in [3.8, 4) is 0 Å². The van der Waals surface area contributed by atoms with Gasteiger partial charge in [-0.15, -0.1) is 0 Å². The van der Waals surface area contributed by atoms with Crippen LogP contribution in [0.1, 0.15) is 68.5 Å². The third-order valence-corrected chi connectivity index (χ3v) is 6.10. The second-order valence-electron chi connectivity index (χ2n) is 8.55. The van der Waals surface area contributed by atoms with Gasteiger partial charge in [-0.3, -0.25) is 14.4 Å². The average Bonchev–Trinajstić information content (AvgIpc) is 2.74. The Morgan fingerprint density at radius 1 is 0.903 bits per heavy atom. The van der Waals surface area contributed by atoms with Crippen molar-refractivity contribution in [3.05, 3.63) is 92.5 Å². The SMILES string of the molecule is CC(C)(C)c1ccc(C(=O)Nc2cc(Br)c(N)c3c2C(=O)c2ccccc2C3=O)cc1.